The molecule has 0 atom stereocenters. The minimum Gasteiger partial charge on any atom is -0.456 e. The number of pyridine rings is 1. The predicted octanol–water partition coefficient (Wildman–Crippen LogP) is 5.69. The van der Waals surface area contributed by atoms with Crippen LogP contribution in [0.15, 0.2) is 77.3 Å². The number of nitrogens with zero attached hydrogens (tertiary/aromatic N) is 3. The summed E-state index contributed by atoms with van der Waals surface area (Å²) in [7, 11) is -3.95. The van der Waals surface area contributed by atoms with E-state index in [1.807, 2.05) is 6.07 Å². The zero-order valence-electron chi connectivity index (χ0n) is 16.9. The molecule has 2 aromatic carbocycles. The lowest BCUT2D eigenvalue weighted by atomic mass is 10.1. The summed E-state index contributed by atoms with van der Waals surface area (Å²) in [4.78, 5) is 7.70. The monoisotopic (exact) mass is 502 g/mol. The van der Waals surface area contributed by atoms with Crippen LogP contribution in [0.25, 0.3) is 11.3 Å². The average molecular weight is 502 g/mol. The van der Waals surface area contributed by atoms with E-state index < -0.39 is 21.8 Å². The molecule has 0 amide bonds. The van der Waals surface area contributed by atoms with Crippen LogP contribution < -0.4 is 9.46 Å². The summed E-state index contributed by atoms with van der Waals surface area (Å²) in [5.74, 6) is 0.407. The Bertz CT molecular complexity index is 1460. The number of nitrogens with one attached hydrogen (secondary N) is 1. The smallest absolute Gasteiger partial charge is 0.416 e. The number of hydrogen-bond acceptors (Lipinski definition) is 7. The van der Waals surface area contributed by atoms with E-state index in [0.717, 1.165) is 29.7 Å². The second-order valence-corrected chi connectivity index (χ2v) is 9.34. The molecule has 7 nitrogen and oxygen atoms in total. The van der Waals surface area contributed by atoms with Crippen LogP contribution in [0.3, 0.4) is 0 Å². The number of alkyl halides is 3. The first-order valence-corrected chi connectivity index (χ1v) is 11.8. The summed E-state index contributed by atoms with van der Waals surface area (Å²) in [6.45, 7) is 0. The third-order valence-corrected chi connectivity index (χ3v) is 6.66. The lowest BCUT2D eigenvalue weighted by molar-refractivity contribution is -0.137. The third-order valence-electron chi connectivity index (χ3n) is 4.50. The van der Waals surface area contributed by atoms with E-state index >= 15 is 0 Å². The normalized spacial score (nSPS) is 11.6. The summed E-state index contributed by atoms with van der Waals surface area (Å²) in [6.07, 6.45) is -1.95. The van der Waals surface area contributed by atoms with Crippen molar-refractivity contribution >= 4 is 26.5 Å². The fourth-order valence-electron chi connectivity index (χ4n) is 2.89. The van der Waals surface area contributed by atoms with Gasteiger partial charge in [0.15, 0.2) is 5.13 Å². The Morgan fingerprint density at radius 1 is 1.00 bits per heavy atom. The SMILES string of the molecule is N#Cc1cc(S(=O)(=O)Nc2nccs2)ccc1Oc1ccc(-c2cc(C(F)(F)F)ccn2)cc1. The molecule has 0 spiro atoms. The van der Waals surface area contributed by atoms with E-state index in [0.29, 0.717) is 11.3 Å². The van der Waals surface area contributed by atoms with Gasteiger partial charge in [0.1, 0.15) is 17.6 Å². The van der Waals surface area contributed by atoms with Gasteiger partial charge in [0.05, 0.1) is 21.7 Å². The van der Waals surface area contributed by atoms with E-state index in [9.17, 15) is 26.9 Å². The van der Waals surface area contributed by atoms with Crippen molar-refractivity contribution in [1.82, 2.24) is 9.97 Å². The first kappa shape index (κ1) is 23.2. The van der Waals surface area contributed by atoms with Gasteiger partial charge < -0.3 is 4.74 Å². The largest absolute Gasteiger partial charge is 0.456 e. The minimum atomic E-state index is -4.48. The molecule has 0 bridgehead atoms. The number of hydrogen-bond donors (Lipinski definition) is 1. The first-order chi connectivity index (χ1) is 16.2. The second kappa shape index (κ2) is 9.12. The highest BCUT2D eigenvalue weighted by Gasteiger charge is 2.30. The van der Waals surface area contributed by atoms with Gasteiger partial charge in [-0.15, -0.1) is 11.3 Å². The highest BCUT2D eigenvalue weighted by molar-refractivity contribution is 7.93. The molecule has 0 radical (unpaired) electrons. The van der Waals surface area contributed by atoms with Gasteiger partial charge in [-0.25, -0.2) is 13.4 Å². The molecule has 0 aliphatic heterocycles. The van der Waals surface area contributed by atoms with E-state index in [-0.39, 0.29) is 27.0 Å². The molecular formula is C22H13F3N4O3S2. The molecule has 0 aliphatic rings. The van der Waals surface area contributed by atoms with Gasteiger partial charge in [0, 0.05) is 23.3 Å². The van der Waals surface area contributed by atoms with E-state index in [1.54, 1.807) is 5.38 Å². The fourth-order valence-corrected chi connectivity index (χ4v) is 4.70. The molecule has 172 valence electrons. The Balaban J connectivity index is 1.55. The van der Waals surface area contributed by atoms with Crippen molar-refractivity contribution in [2.24, 2.45) is 0 Å². The molecule has 0 fully saturated rings. The molecule has 2 heterocycles. The average Bonchev–Trinajstić information content (AvgIpc) is 3.31. The number of anilines is 1. The van der Waals surface area contributed by atoms with Crippen LogP contribution in [-0.2, 0) is 16.2 Å². The van der Waals surface area contributed by atoms with Crippen LogP contribution in [0.5, 0.6) is 11.5 Å². The summed E-state index contributed by atoms with van der Waals surface area (Å²) in [6, 6.07) is 13.6. The summed E-state index contributed by atoms with van der Waals surface area (Å²) >= 11 is 1.11. The number of rotatable bonds is 6. The molecule has 4 rings (SSSR count). The van der Waals surface area contributed by atoms with Crippen LogP contribution in [-0.4, -0.2) is 18.4 Å². The maximum absolute atomic E-state index is 12.9. The molecule has 12 heteroatoms. The number of thiazole rings is 1. The Morgan fingerprint density at radius 3 is 2.41 bits per heavy atom. The molecule has 0 aliphatic carbocycles. The van der Waals surface area contributed by atoms with Gasteiger partial charge in [0.2, 0.25) is 0 Å². The summed E-state index contributed by atoms with van der Waals surface area (Å²) < 4.78 is 71.9. The number of nitriles is 1. The number of sulfonamides is 1. The van der Waals surface area contributed by atoms with Crippen LogP contribution in [0.2, 0.25) is 0 Å². The van der Waals surface area contributed by atoms with Gasteiger partial charge in [0.25, 0.3) is 10.0 Å². The molecule has 34 heavy (non-hydrogen) atoms. The Labute approximate surface area is 196 Å². The maximum Gasteiger partial charge on any atom is 0.416 e. The lowest BCUT2D eigenvalue weighted by Gasteiger charge is -2.11. The van der Waals surface area contributed by atoms with E-state index in [1.165, 1.54) is 48.7 Å². The molecule has 4 aromatic rings. The van der Waals surface area contributed by atoms with Gasteiger partial charge in [-0.1, -0.05) is 0 Å². The third kappa shape index (κ3) is 5.16. The van der Waals surface area contributed by atoms with E-state index in [2.05, 4.69) is 14.7 Å². The summed E-state index contributed by atoms with van der Waals surface area (Å²) in [5, 5.41) is 11.3. The predicted molar refractivity (Wildman–Crippen MR) is 119 cm³/mol. The molecule has 2 aromatic heterocycles. The number of benzene rings is 2. The Kier molecular flexibility index (Phi) is 6.23. The lowest BCUT2D eigenvalue weighted by Crippen LogP contribution is -2.13. The molecule has 0 unspecified atom stereocenters. The number of aromatic nitrogens is 2. The Morgan fingerprint density at radius 2 is 1.76 bits per heavy atom. The first-order valence-electron chi connectivity index (χ1n) is 9.44. The maximum atomic E-state index is 12.9. The van der Waals surface area contributed by atoms with Crippen molar-refractivity contribution in [3.63, 3.8) is 0 Å². The van der Waals surface area contributed by atoms with Crippen molar-refractivity contribution in [3.8, 4) is 28.8 Å². The summed E-state index contributed by atoms with van der Waals surface area (Å²) in [5.41, 5.74) is -0.253. The molecular weight excluding hydrogens is 489 g/mol. The quantitative estimate of drug-likeness (QED) is 0.363. The standard InChI is InChI=1S/C22H13F3N4O3S2/c23-22(24,25)16-7-8-27-19(12-16)14-1-3-17(4-2-14)32-20-6-5-18(11-15(20)13-26)34(30,31)29-21-28-9-10-33-21/h1-12H,(H,28,29). The van der Waals surface area contributed by atoms with Crippen LogP contribution >= 0.6 is 11.3 Å². The van der Waals surface area contributed by atoms with Crippen molar-refractivity contribution in [3.05, 3.63) is 83.5 Å². The number of ether oxygens (including phenoxy) is 1. The van der Waals surface area contributed by atoms with Crippen molar-refractivity contribution in [2.75, 3.05) is 4.72 Å². The second-order valence-electron chi connectivity index (χ2n) is 6.77. The van der Waals surface area contributed by atoms with Crippen molar-refractivity contribution in [1.29, 1.82) is 5.26 Å². The topological polar surface area (TPSA) is 105 Å². The van der Waals surface area contributed by atoms with Gasteiger partial charge in [-0.2, -0.15) is 18.4 Å². The number of halogens is 3. The van der Waals surface area contributed by atoms with Crippen LogP contribution in [0.1, 0.15) is 11.1 Å². The van der Waals surface area contributed by atoms with E-state index in [4.69, 9.17) is 4.74 Å². The highest BCUT2D eigenvalue weighted by atomic mass is 32.2. The molecule has 1 N–H and O–H groups in total. The highest BCUT2D eigenvalue weighted by Crippen LogP contribution is 2.33. The zero-order chi connectivity index (χ0) is 24.3. The van der Waals surface area contributed by atoms with Crippen LogP contribution in [0.4, 0.5) is 18.3 Å². The van der Waals surface area contributed by atoms with Gasteiger partial charge >= 0.3 is 6.18 Å². The van der Waals surface area contributed by atoms with Crippen LogP contribution in [0, 0.1) is 11.3 Å². The van der Waals surface area contributed by atoms with Crippen molar-refractivity contribution in [2.45, 2.75) is 11.1 Å². The van der Waals surface area contributed by atoms with Gasteiger partial charge in [-0.3, -0.25) is 9.71 Å². The van der Waals surface area contributed by atoms with Crippen molar-refractivity contribution < 1.29 is 26.3 Å². The fraction of sp³-hybridized carbons (Fsp3) is 0.0455. The Hall–Kier alpha value is -3.95. The molecule has 0 saturated carbocycles. The molecule has 0 saturated heterocycles. The zero-order valence-corrected chi connectivity index (χ0v) is 18.6. The van der Waals surface area contributed by atoms with Gasteiger partial charge in [-0.05, 0) is 54.6 Å². The minimum absolute atomic E-state index is 0.0226.